The zero-order valence-electron chi connectivity index (χ0n) is 22.4. The number of rotatable bonds is 12. The fourth-order valence-corrected chi connectivity index (χ4v) is 4.71. The van der Waals surface area contributed by atoms with E-state index in [1.165, 1.54) is 24.0 Å². The number of hydrogen-bond acceptors (Lipinski definition) is 4. The minimum Gasteiger partial charge on any atom is -0.493 e. The Bertz CT molecular complexity index is 1220. The second-order valence-electron chi connectivity index (χ2n) is 9.51. The summed E-state index contributed by atoms with van der Waals surface area (Å²) in [5.74, 6) is 1.24. The number of methoxy groups -OCH3 is 2. The molecular formula is C32H38N2O3. The van der Waals surface area contributed by atoms with E-state index >= 15 is 0 Å². The van der Waals surface area contributed by atoms with Crippen LogP contribution in [-0.4, -0.2) is 20.1 Å². The SMILES string of the molecule is CCCCc1ccc(NC2=C[C@@H](c3ccc(OC)c(OC)c3)N(c3ccc(CCCC)cc3)C2=O)cc1. The summed E-state index contributed by atoms with van der Waals surface area (Å²) in [5.41, 5.74) is 5.89. The summed E-state index contributed by atoms with van der Waals surface area (Å²) in [7, 11) is 3.25. The van der Waals surface area contributed by atoms with Gasteiger partial charge in [0.2, 0.25) is 0 Å². The van der Waals surface area contributed by atoms with Gasteiger partial charge in [-0.1, -0.05) is 57.0 Å². The van der Waals surface area contributed by atoms with Crippen LogP contribution in [0.3, 0.4) is 0 Å². The Morgan fingerprint density at radius 2 is 1.38 bits per heavy atom. The van der Waals surface area contributed by atoms with Gasteiger partial charge in [-0.3, -0.25) is 9.69 Å². The van der Waals surface area contributed by atoms with Gasteiger partial charge in [0.1, 0.15) is 5.70 Å². The zero-order chi connectivity index (χ0) is 26.2. The summed E-state index contributed by atoms with van der Waals surface area (Å²) in [6.45, 7) is 4.40. The molecule has 1 atom stereocenters. The third kappa shape index (κ3) is 6.16. The van der Waals surface area contributed by atoms with Gasteiger partial charge in [-0.15, -0.1) is 0 Å². The van der Waals surface area contributed by atoms with Crippen LogP contribution in [0.1, 0.15) is 62.3 Å². The molecule has 0 spiro atoms. The molecule has 4 rings (SSSR count). The zero-order valence-corrected chi connectivity index (χ0v) is 22.4. The smallest absolute Gasteiger partial charge is 0.275 e. The van der Waals surface area contributed by atoms with Crippen molar-refractivity contribution < 1.29 is 14.3 Å². The van der Waals surface area contributed by atoms with Crippen molar-refractivity contribution >= 4 is 17.3 Å². The Morgan fingerprint density at radius 1 is 0.784 bits per heavy atom. The molecule has 0 radical (unpaired) electrons. The number of unbranched alkanes of at least 4 members (excludes halogenated alkanes) is 2. The maximum absolute atomic E-state index is 13.8. The van der Waals surface area contributed by atoms with E-state index in [0.717, 1.165) is 42.6 Å². The van der Waals surface area contributed by atoms with Crippen LogP contribution in [0.5, 0.6) is 11.5 Å². The molecule has 0 saturated carbocycles. The molecule has 1 amide bonds. The van der Waals surface area contributed by atoms with Crippen molar-refractivity contribution in [3.63, 3.8) is 0 Å². The molecule has 5 heteroatoms. The number of aryl methyl sites for hydroxylation is 2. The van der Waals surface area contributed by atoms with Crippen molar-refractivity contribution in [2.45, 2.75) is 58.4 Å². The average molecular weight is 499 g/mol. The minimum absolute atomic E-state index is 0.0591. The van der Waals surface area contributed by atoms with Crippen molar-refractivity contribution in [2.24, 2.45) is 0 Å². The number of nitrogens with zero attached hydrogens (tertiary/aromatic N) is 1. The molecule has 0 fully saturated rings. The summed E-state index contributed by atoms with van der Waals surface area (Å²) in [6.07, 6.45) is 8.78. The van der Waals surface area contributed by atoms with Gasteiger partial charge < -0.3 is 14.8 Å². The Morgan fingerprint density at radius 3 is 1.95 bits per heavy atom. The molecule has 194 valence electrons. The summed E-state index contributed by atoms with van der Waals surface area (Å²) in [5, 5.41) is 3.38. The highest BCUT2D eigenvalue weighted by atomic mass is 16.5. The number of carbonyl (C=O) groups excluding carboxylic acids is 1. The second-order valence-corrected chi connectivity index (χ2v) is 9.51. The number of anilines is 2. The highest BCUT2D eigenvalue weighted by Crippen LogP contribution is 2.39. The molecule has 0 unspecified atom stereocenters. The van der Waals surface area contributed by atoms with Crippen molar-refractivity contribution in [1.82, 2.24) is 0 Å². The maximum Gasteiger partial charge on any atom is 0.275 e. The van der Waals surface area contributed by atoms with Crippen LogP contribution in [0.2, 0.25) is 0 Å². The minimum atomic E-state index is -0.278. The largest absolute Gasteiger partial charge is 0.493 e. The molecule has 5 nitrogen and oxygen atoms in total. The third-order valence-electron chi connectivity index (χ3n) is 6.89. The molecule has 3 aromatic rings. The molecule has 0 aliphatic carbocycles. The number of ether oxygens (including phenoxy) is 2. The first-order valence-electron chi connectivity index (χ1n) is 13.3. The van der Waals surface area contributed by atoms with Gasteiger partial charge >= 0.3 is 0 Å². The van der Waals surface area contributed by atoms with Gasteiger partial charge in [0.05, 0.1) is 20.3 Å². The molecule has 1 aliphatic heterocycles. The standard InChI is InChI=1S/C32H38N2O3/c1-5-7-9-23-11-16-26(17-12-23)33-28-22-29(25-15-20-30(36-3)31(21-25)37-4)34(32(28)35)27-18-13-24(14-19-27)10-8-6-2/h11-22,29,33H,5-10H2,1-4H3/t29-/m0/s1. The van der Waals surface area contributed by atoms with Crippen molar-refractivity contribution in [3.05, 3.63) is 95.2 Å². The third-order valence-corrected chi connectivity index (χ3v) is 6.89. The van der Waals surface area contributed by atoms with Crippen LogP contribution in [0.25, 0.3) is 0 Å². The van der Waals surface area contributed by atoms with Gasteiger partial charge in [-0.25, -0.2) is 0 Å². The molecule has 0 bridgehead atoms. The monoisotopic (exact) mass is 498 g/mol. The van der Waals surface area contributed by atoms with E-state index in [4.69, 9.17) is 9.47 Å². The topological polar surface area (TPSA) is 50.8 Å². The number of hydrogen-bond donors (Lipinski definition) is 1. The van der Waals surface area contributed by atoms with E-state index in [0.29, 0.717) is 17.2 Å². The summed E-state index contributed by atoms with van der Waals surface area (Å²) >= 11 is 0. The Balaban J connectivity index is 1.65. The maximum atomic E-state index is 13.8. The van der Waals surface area contributed by atoms with E-state index in [9.17, 15) is 4.79 Å². The van der Waals surface area contributed by atoms with Crippen LogP contribution < -0.4 is 19.7 Å². The summed E-state index contributed by atoms with van der Waals surface area (Å²) in [6, 6.07) is 22.3. The fourth-order valence-electron chi connectivity index (χ4n) is 4.71. The van der Waals surface area contributed by atoms with Crippen LogP contribution in [0.15, 0.2) is 78.5 Å². The first-order valence-corrected chi connectivity index (χ1v) is 13.3. The van der Waals surface area contributed by atoms with Gasteiger partial charge in [-0.2, -0.15) is 0 Å². The molecule has 37 heavy (non-hydrogen) atoms. The Hall–Kier alpha value is -3.73. The van der Waals surface area contributed by atoms with Crippen molar-refractivity contribution in [1.29, 1.82) is 0 Å². The Labute approximate surface area is 221 Å². The highest BCUT2D eigenvalue weighted by molar-refractivity contribution is 6.11. The first-order chi connectivity index (χ1) is 18.1. The van der Waals surface area contributed by atoms with Gasteiger partial charge in [0, 0.05) is 11.4 Å². The van der Waals surface area contributed by atoms with Crippen LogP contribution >= 0.6 is 0 Å². The second kappa shape index (κ2) is 12.5. The molecule has 1 N–H and O–H groups in total. The first kappa shape index (κ1) is 26.3. The van der Waals surface area contributed by atoms with E-state index < -0.39 is 0 Å². The lowest BCUT2D eigenvalue weighted by Crippen LogP contribution is -2.30. The molecule has 1 heterocycles. The van der Waals surface area contributed by atoms with Crippen LogP contribution in [0, 0.1) is 0 Å². The highest BCUT2D eigenvalue weighted by Gasteiger charge is 2.35. The summed E-state index contributed by atoms with van der Waals surface area (Å²) in [4.78, 5) is 15.6. The van der Waals surface area contributed by atoms with Crippen molar-refractivity contribution in [2.75, 3.05) is 24.4 Å². The predicted octanol–water partition coefficient (Wildman–Crippen LogP) is 7.47. The molecule has 1 aliphatic rings. The van der Waals surface area contributed by atoms with E-state index in [2.05, 4.69) is 67.7 Å². The van der Waals surface area contributed by atoms with E-state index in [1.54, 1.807) is 14.2 Å². The van der Waals surface area contributed by atoms with E-state index in [1.807, 2.05) is 29.2 Å². The molecule has 3 aromatic carbocycles. The number of nitrogens with one attached hydrogen (secondary N) is 1. The normalized spacial score (nSPS) is 15.0. The van der Waals surface area contributed by atoms with Gasteiger partial charge in [0.15, 0.2) is 11.5 Å². The van der Waals surface area contributed by atoms with Gasteiger partial charge in [-0.05, 0) is 84.8 Å². The molecule has 0 saturated heterocycles. The quantitative estimate of drug-likeness (QED) is 0.281. The van der Waals surface area contributed by atoms with Gasteiger partial charge in [0.25, 0.3) is 5.91 Å². The van der Waals surface area contributed by atoms with Crippen LogP contribution in [0.4, 0.5) is 11.4 Å². The number of amides is 1. The number of carbonyl (C=O) groups is 1. The van der Waals surface area contributed by atoms with Crippen LogP contribution in [-0.2, 0) is 17.6 Å². The predicted molar refractivity (Wildman–Crippen MR) is 152 cm³/mol. The number of benzene rings is 3. The average Bonchev–Trinajstić information content (AvgIpc) is 3.26. The molecule has 0 aromatic heterocycles. The fraction of sp³-hybridized carbons (Fsp3) is 0.344. The lowest BCUT2D eigenvalue weighted by molar-refractivity contribution is -0.114. The summed E-state index contributed by atoms with van der Waals surface area (Å²) < 4.78 is 11.0. The lowest BCUT2D eigenvalue weighted by Gasteiger charge is -2.26. The lowest BCUT2D eigenvalue weighted by atomic mass is 10.0. The van der Waals surface area contributed by atoms with E-state index in [-0.39, 0.29) is 11.9 Å². The van der Waals surface area contributed by atoms with Crippen molar-refractivity contribution in [3.8, 4) is 11.5 Å². The molecular weight excluding hydrogens is 460 g/mol. The Kier molecular flexibility index (Phi) is 8.89.